The van der Waals surface area contributed by atoms with Gasteiger partial charge in [-0.1, -0.05) is 11.6 Å². The van der Waals surface area contributed by atoms with Crippen molar-refractivity contribution in [2.24, 2.45) is 23.7 Å². The van der Waals surface area contributed by atoms with Gasteiger partial charge in [0.25, 0.3) is 0 Å². The van der Waals surface area contributed by atoms with Gasteiger partial charge in [-0.3, -0.25) is 0 Å². The van der Waals surface area contributed by atoms with E-state index in [2.05, 4.69) is 15.5 Å². The molecule has 3 aliphatic rings. The van der Waals surface area contributed by atoms with Gasteiger partial charge in [0.05, 0.1) is 6.54 Å². The molecule has 98 valence electrons. The average molecular weight is 247 g/mol. The van der Waals surface area contributed by atoms with Crippen LogP contribution in [-0.2, 0) is 6.54 Å². The van der Waals surface area contributed by atoms with Gasteiger partial charge in [0.1, 0.15) is 0 Å². The molecule has 0 spiro atoms. The summed E-state index contributed by atoms with van der Waals surface area (Å²) in [5.41, 5.74) is 0. The van der Waals surface area contributed by atoms with Crippen LogP contribution in [0.25, 0.3) is 0 Å². The number of nitrogens with one attached hydrogen (secondary N) is 1. The lowest BCUT2D eigenvalue weighted by atomic mass is 9.79. The van der Waals surface area contributed by atoms with Gasteiger partial charge in [0, 0.05) is 13.0 Å². The third-order valence-corrected chi connectivity index (χ3v) is 5.52. The Morgan fingerprint density at radius 2 is 2.11 bits per heavy atom. The highest BCUT2D eigenvalue weighted by Crippen LogP contribution is 2.58. The van der Waals surface area contributed by atoms with Crippen molar-refractivity contribution in [1.82, 2.24) is 15.5 Å². The second kappa shape index (κ2) is 4.05. The summed E-state index contributed by atoms with van der Waals surface area (Å²) in [6.07, 6.45) is 7.30. The number of fused-ring (bicyclic) bond motifs is 5. The van der Waals surface area contributed by atoms with Crippen molar-refractivity contribution < 1.29 is 4.52 Å². The van der Waals surface area contributed by atoms with Crippen LogP contribution in [0.1, 0.15) is 43.8 Å². The number of hydrogen-bond donors (Lipinski definition) is 1. The van der Waals surface area contributed by atoms with E-state index in [9.17, 15) is 0 Å². The average Bonchev–Trinajstić information content (AvgIpc) is 3.08. The molecule has 3 saturated carbocycles. The minimum absolute atomic E-state index is 0.663. The molecule has 0 aliphatic heterocycles. The van der Waals surface area contributed by atoms with Crippen LogP contribution in [0.15, 0.2) is 4.52 Å². The van der Waals surface area contributed by atoms with Crippen LogP contribution >= 0.6 is 0 Å². The zero-order chi connectivity index (χ0) is 12.1. The van der Waals surface area contributed by atoms with Crippen LogP contribution in [-0.4, -0.2) is 16.2 Å². The monoisotopic (exact) mass is 247 g/mol. The van der Waals surface area contributed by atoms with E-state index in [0.717, 1.165) is 36.0 Å². The van der Waals surface area contributed by atoms with Crippen molar-refractivity contribution in [3.8, 4) is 0 Å². The Hall–Kier alpha value is -0.900. The van der Waals surface area contributed by atoms with E-state index in [1.807, 2.05) is 6.92 Å². The van der Waals surface area contributed by atoms with Crippen LogP contribution in [0.4, 0.5) is 0 Å². The highest BCUT2D eigenvalue weighted by molar-refractivity contribution is 5.05. The van der Waals surface area contributed by atoms with Crippen LogP contribution < -0.4 is 5.32 Å². The van der Waals surface area contributed by atoms with Gasteiger partial charge in [-0.05, 0) is 49.4 Å². The molecule has 1 N–H and O–H groups in total. The molecule has 5 atom stereocenters. The molecule has 4 heteroatoms. The molecule has 4 rings (SSSR count). The fraction of sp³-hybridized carbons (Fsp3) is 0.857. The maximum Gasteiger partial charge on any atom is 0.223 e. The summed E-state index contributed by atoms with van der Waals surface area (Å²) in [6.45, 7) is 2.61. The van der Waals surface area contributed by atoms with Gasteiger partial charge >= 0.3 is 0 Å². The third kappa shape index (κ3) is 1.62. The van der Waals surface area contributed by atoms with Crippen LogP contribution in [0.2, 0.25) is 0 Å². The fourth-order valence-corrected chi connectivity index (χ4v) is 4.94. The Morgan fingerprint density at radius 3 is 2.94 bits per heavy atom. The molecule has 0 amide bonds. The van der Waals surface area contributed by atoms with E-state index in [-0.39, 0.29) is 0 Å². The van der Waals surface area contributed by atoms with Gasteiger partial charge in [0.2, 0.25) is 5.89 Å². The van der Waals surface area contributed by atoms with Gasteiger partial charge in [-0.25, -0.2) is 0 Å². The predicted octanol–water partition coefficient (Wildman–Crippen LogP) is 2.29. The van der Waals surface area contributed by atoms with Gasteiger partial charge in [0.15, 0.2) is 5.82 Å². The predicted molar refractivity (Wildman–Crippen MR) is 66.7 cm³/mol. The molecular formula is C14H21N3O. The topological polar surface area (TPSA) is 51.0 Å². The van der Waals surface area contributed by atoms with E-state index in [4.69, 9.17) is 4.52 Å². The van der Waals surface area contributed by atoms with Crippen LogP contribution in [0.3, 0.4) is 0 Å². The zero-order valence-corrected chi connectivity index (χ0v) is 10.9. The maximum atomic E-state index is 5.01. The SMILES string of the molecule is Cc1nc(CNC2CC3CC2C2CCCC32)no1. The highest BCUT2D eigenvalue weighted by atomic mass is 16.5. The van der Waals surface area contributed by atoms with E-state index in [1.165, 1.54) is 32.1 Å². The molecule has 5 unspecified atom stereocenters. The summed E-state index contributed by atoms with van der Waals surface area (Å²) in [5.74, 6) is 5.49. The Bertz CT molecular complexity index is 444. The van der Waals surface area contributed by atoms with Crippen molar-refractivity contribution in [2.45, 2.75) is 51.6 Å². The molecular weight excluding hydrogens is 226 g/mol. The smallest absolute Gasteiger partial charge is 0.223 e. The first kappa shape index (κ1) is 11.0. The summed E-state index contributed by atoms with van der Waals surface area (Å²) in [6, 6.07) is 0.702. The van der Waals surface area contributed by atoms with Crippen molar-refractivity contribution in [1.29, 1.82) is 0 Å². The molecule has 1 heterocycles. The standard InChI is InChI=1S/C14H21N3O/c1-8-16-14(17-18-8)7-15-13-6-9-5-12(13)11-4-2-3-10(9)11/h9-13,15H,2-7H2,1H3. The Morgan fingerprint density at radius 1 is 1.22 bits per heavy atom. The minimum Gasteiger partial charge on any atom is -0.340 e. The summed E-state index contributed by atoms with van der Waals surface area (Å²) in [7, 11) is 0. The summed E-state index contributed by atoms with van der Waals surface area (Å²) < 4.78 is 5.01. The highest BCUT2D eigenvalue weighted by Gasteiger charge is 2.53. The lowest BCUT2D eigenvalue weighted by molar-refractivity contribution is 0.207. The zero-order valence-electron chi connectivity index (χ0n) is 10.9. The van der Waals surface area contributed by atoms with Crippen molar-refractivity contribution >= 4 is 0 Å². The largest absolute Gasteiger partial charge is 0.340 e. The normalized spacial score (nSPS) is 41.5. The quantitative estimate of drug-likeness (QED) is 0.890. The Kier molecular flexibility index (Phi) is 2.47. The fourth-order valence-electron chi connectivity index (χ4n) is 4.94. The lowest BCUT2D eigenvalue weighted by Crippen LogP contribution is -2.39. The van der Waals surface area contributed by atoms with E-state index < -0.39 is 0 Å². The van der Waals surface area contributed by atoms with Crippen molar-refractivity contribution in [3.05, 3.63) is 11.7 Å². The first-order valence-corrected chi connectivity index (χ1v) is 7.34. The number of aromatic nitrogens is 2. The Labute approximate surface area is 108 Å². The molecule has 0 radical (unpaired) electrons. The van der Waals surface area contributed by atoms with E-state index >= 15 is 0 Å². The second-order valence-corrected chi connectivity index (χ2v) is 6.37. The first-order valence-electron chi connectivity index (χ1n) is 7.34. The van der Waals surface area contributed by atoms with Crippen molar-refractivity contribution in [2.75, 3.05) is 0 Å². The number of aryl methyl sites for hydroxylation is 1. The second-order valence-electron chi connectivity index (χ2n) is 6.37. The molecule has 3 fully saturated rings. The lowest BCUT2D eigenvalue weighted by Gasteiger charge is -2.31. The minimum atomic E-state index is 0.663. The molecule has 3 aliphatic carbocycles. The molecule has 4 nitrogen and oxygen atoms in total. The number of rotatable bonds is 3. The maximum absolute atomic E-state index is 5.01. The molecule has 1 aromatic rings. The van der Waals surface area contributed by atoms with Crippen LogP contribution in [0.5, 0.6) is 0 Å². The molecule has 0 saturated heterocycles. The summed E-state index contributed by atoms with van der Waals surface area (Å²) in [5, 5.41) is 7.63. The third-order valence-electron chi connectivity index (χ3n) is 5.52. The molecule has 0 aromatic carbocycles. The van der Waals surface area contributed by atoms with E-state index in [0.29, 0.717) is 11.9 Å². The summed E-state index contributed by atoms with van der Waals surface area (Å²) in [4.78, 5) is 4.26. The Balaban J connectivity index is 1.39. The number of hydrogen-bond acceptors (Lipinski definition) is 4. The van der Waals surface area contributed by atoms with Gasteiger partial charge in [-0.15, -0.1) is 0 Å². The van der Waals surface area contributed by atoms with Crippen molar-refractivity contribution in [3.63, 3.8) is 0 Å². The summed E-state index contributed by atoms with van der Waals surface area (Å²) >= 11 is 0. The van der Waals surface area contributed by atoms with Gasteiger partial charge < -0.3 is 9.84 Å². The first-order chi connectivity index (χ1) is 8.81. The van der Waals surface area contributed by atoms with Crippen LogP contribution in [0, 0.1) is 30.6 Å². The molecule has 1 aromatic heterocycles. The van der Waals surface area contributed by atoms with E-state index in [1.54, 1.807) is 0 Å². The van der Waals surface area contributed by atoms with Gasteiger partial charge in [-0.2, -0.15) is 4.98 Å². The number of nitrogens with zero attached hydrogens (tertiary/aromatic N) is 2. The molecule has 2 bridgehead atoms. The molecule has 18 heavy (non-hydrogen) atoms.